The van der Waals surface area contributed by atoms with Gasteiger partial charge in [-0.2, -0.15) is 5.26 Å². The predicted molar refractivity (Wildman–Crippen MR) is 48.2 cm³/mol. The van der Waals surface area contributed by atoms with Crippen LogP contribution in [0.25, 0.3) is 0 Å². The maximum atomic E-state index is 10.8. The van der Waals surface area contributed by atoms with Crippen LogP contribution in [0, 0.1) is 18.3 Å². The molecule has 0 atom stereocenters. The number of hydrogen-bond donors (Lipinski definition) is 1. The van der Waals surface area contributed by atoms with Gasteiger partial charge in [-0.1, -0.05) is 0 Å². The molecule has 0 saturated heterocycles. The maximum absolute atomic E-state index is 10.8. The Morgan fingerprint density at radius 1 is 1.57 bits per heavy atom. The molecule has 0 aromatic heterocycles. The molecule has 0 heterocycles. The minimum Gasteiger partial charge on any atom is -0.478 e. The zero-order valence-electron chi connectivity index (χ0n) is 7.44. The van der Waals surface area contributed by atoms with Crippen LogP contribution in [0.5, 0.6) is 0 Å². The van der Waals surface area contributed by atoms with Gasteiger partial charge in [0, 0.05) is 5.56 Å². The average molecular weight is 189 g/mol. The van der Waals surface area contributed by atoms with Crippen molar-refractivity contribution in [2.24, 2.45) is 0 Å². The van der Waals surface area contributed by atoms with Crippen LogP contribution >= 0.6 is 0 Å². The molecule has 0 amide bonds. The quantitative estimate of drug-likeness (QED) is 0.713. The van der Waals surface area contributed by atoms with Gasteiger partial charge in [0.05, 0.1) is 11.1 Å². The lowest BCUT2D eigenvalue weighted by Crippen LogP contribution is -2.04. The molecule has 0 saturated carbocycles. The molecule has 0 spiro atoms. The van der Waals surface area contributed by atoms with E-state index in [2.05, 4.69) is 0 Å². The zero-order valence-corrected chi connectivity index (χ0v) is 7.44. The lowest BCUT2D eigenvalue weighted by molar-refractivity contribution is 0.0695. The first-order chi connectivity index (χ1) is 6.60. The third-order valence-electron chi connectivity index (χ3n) is 1.83. The summed E-state index contributed by atoms with van der Waals surface area (Å²) in [6.45, 7) is 1.55. The van der Waals surface area contributed by atoms with Crippen LogP contribution in [0.15, 0.2) is 12.1 Å². The van der Waals surface area contributed by atoms with Crippen LogP contribution in [0.3, 0.4) is 0 Å². The van der Waals surface area contributed by atoms with E-state index in [0.29, 0.717) is 17.4 Å². The largest absolute Gasteiger partial charge is 0.478 e. The smallest absolute Gasteiger partial charge is 0.337 e. The van der Waals surface area contributed by atoms with E-state index in [1.807, 2.05) is 0 Å². The Hall–Kier alpha value is -2.15. The maximum Gasteiger partial charge on any atom is 0.337 e. The lowest BCUT2D eigenvalue weighted by Gasteiger charge is -2.03. The van der Waals surface area contributed by atoms with Gasteiger partial charge in [-0.05, 0) is 24.6 Å². The van der Waals surface area contributed by atoms with Gasteiger partial charge in [0.25, 0.3) is 0 Å². The number of carbonyl (C=O) groups excluding carboxylic acids is 1. The number of hydrogen-bond acceptors (Lipinski definition) is 3. The van der Waals surface area contributed by atoms with Gasteiger partial charge in [0.15, 0.2) is 0 Å². The highest BCUT2D eigenvalue weighted by Crippen LogP contribution is 2.15. The van der Waals surface area contributed by atoms with E-state index in [9.17, 15) is 9.59 Å². The van der Waals surface area contributed by atoms with E-state index in [0.717, 1.165) is 0 Å². The van der Waals surface area contributed by atoms with Gasteiger partial charge < -0.3 is 5.11 Å². The van der Waals surface area contributed by atoms with Gasteiger partial charge in [0.2, 0.25) is 0 Å². The number of rotatable bonds is 2. The van der Waals surface area contributed by atoms with Crippen LogP contribution in [-0.4, -0.2) is 17.4 Å². The van der Waals surface area contributed by atoms with E-state index in [4.69, 9.17) is 10.4 Å². The highest BCUT2D eigenvalue weighted by atomic mass is 16.4. The second-order valence-corrected chi connectivity index (χ2v) is 2.80. The van der Waals surface area contributed by atoms with Crippen molar-refractivity contribution in [1.82, 2.24) is 0 Å². The highest BCUT2D eigenvalue weighted by Gasteiger charge is 2.14. The fourth-order valence-corrected chi connectivity index (χ4v) is 1.26. The normalized spacial score (nSPS) is 9.14. The summed E-state index contributed by atoms with van der Waals surface area (Å²) in [6.07, 6.45) is 0.583. The second kappa shape index (κ2) is 3.71. The molecule has 0 fully saturated rings. The number of aryl methyl sites for hydroxylation is 1. The first-order valence-corrected chi connectivity index (χ1v) is 3.83. The fourth-order valence-electron chi connectivity index (χ4n) is 1.26. The molecule has 14 heavy (non-hydrogen) atoms. The number of nitriles is 1. The molecule has 1 aromatic carbocycles. The third kappa shape index (κ3) is 1.62. The van der Waals surface area contributed by atoms with Crippen LogP contribution in [0.2, 0.25) is 0 Å². The predicted octanol–water partition coefficient (Wildman–Crippen LogP) is 1.38. The third-order valence-corrected chi connectivity index (χ3v) is 1.83. The fraction of sp³-hybridized carbons (Fsp3) is 0.100. The van der Waals surface area contributed by atoms with Crippen molar-refractivity contribution in [3.05, 3.63) is 34.4 Å². The van der Waals surface area contributed by atoms with Crippen LogP contribution in [0.1, 0.15) is 31.8 Å². The first kappa shape index (κ1) is 9.93. The molecule has 0 aliphatic heterocycles. The Morgan fingerprint density at radius 3 is 2.64 bits per heavy atom. The van der Waals surface area contributed by atoms with Gasteiger partial charge >= 0.3 is 5.97 Å². The minimum atomic E-state index is -1.16. The van der Waals surface area contributed by atoms with Crippen molar-refractivity contribution in [2.75, 3.05) is 0 Å². The van der Waals surface area contributed by atoms with Crippen LogP contribution < -0.4 is 0 Å². The Kier molecular flexibility index (Phi) is 2.63. The summed E-state index contributed by atoms with van der Waals surface area (Å²) >= 11 is 0. The van der Waals surface area contributed by atoms with Gasteiger partial charge in [-0.3, -0.25) is 4.79 Å². The summed E-state index contributed by atoms with van der Waals surface area (Å²) in [5, 5.41) is 17.5. The van der Waals surface area contributed by atoms with Gasteiger partial charge in [0.1, 0.15) is 12.4 Å². The Balaban J connectivity index is 3.52. The van der Waals surface area contributed by atoms with Crippen molar-refractivity contribution < 1.29 is 14.7 Å². The molecule has 1 rings (SSSR count). The number of carboxylic acid groups (broad SMARTS) is 1. The minimum absolute atomic E-state index is 0.0135. The molecule has 0 radical (unpaired) electrons. The van der Waals surface area contributed by atoms with Gasteiger partial charge in [-0.25, -0.2) is 4.79 Å². The summed E-state index contributed by atoms with van der Waals surface area (Å²) in [6, 6.07) is 4.46. The SMILES string of the molecule is Cc1cc(C=O)cc(C#N)c1C(=O)O. The van der Waals surface area contributed by atoms with E-state index < -0.39 is 5.97 Å². The molecule has 0 aliphatic carbocycles. The van der Waals surface area contributed by atoms with Crippen molar-refractivity contribution in [2.45, 2.75) is 6.92 Å². The Bertz CT molecular complexity index is 443. The van der Waals surface area contributed by atoms with E-state index >= 15 is 0 Å². The van der Waals surface area contributed by atoms with E-state index in [-0.39, 0.29) is 11.1 Å². The topological polar surface area (TPSA) is 78.2 Å². The summed E-state index contributed by atoms with van der Waals surface area (Å²) in [7, 11) is 0. The number of benzene rings is 1. The lowest BCUT2D eigenvalue weighted by atomic mass is 10.00. The van der Waals surface area contributed by atoms with Crippen LogP contribution in [0.4, 0.5) is 0 Å². The summed E-state index contributed by atoms with van der Waals surface area (Å²) < 4.78 is 0. The standard InChI is InChI=1S/C10H7NO3/c1-6-2-7(5-12)3-8(4-11)9(6)10(13)14/h2-3,5H,1H3,(H,13,14). The molecular formula is C10H7NO3. The molecule has 0 bridgehead atoms. The Labute approximate surface area is 80.4 Å². The Morgan fingerprint density at radius 2 is 2.21 bits per heavy atom. The number of carboxylic acids is 1. The van der Waals surface area contributed by atoms with Crippen molar-refractivity contribution in [3.8, 4) is 6.07 Å². The number of carbonyl (C=O) groups is 2. The molecular weight excluding hydrogens is 182 g/mol. The van der Waals surface area contributed by atoms with Crippen LogP contribution in [-0.2, 0) is 0 Å². The van der Waals surface area contributed by atoms with Crippen molar-refractivity contribution >= 4 is 12.3 Å². The number of aldehydes is 1. The molecule has 1 aromatic rings. The summed E-state index contributed by atoms with van der Waals surface area (Å²) in [5.41, 5.74) is 0.695. The zero-order chi connectivity index (χ0) is 10.7. The van der Waals surface area contributed by atoms with Crippen molar-refractivity contribution in [1.29, 1.82) is 5.26 Å². The number of aromatic carboxylic acids is 1. The van der Waals surface area contributed by atoms with E-state index in [1.165, 1.54) is 12.1 Å². The molecule has 4 nitrogen and oxygen atoms in total. The average Bonchev–Trinajstić information content (AvgIpc) is 2.15. The first-order valence-electron chi connectivity index (χ1n) is 3.83. The second-order valence-electron chi connectivity index (χ2n) is 2.80. The molecule has 1 N–H and O–H groups in total. The summed E-state index contributed by atoms with van der Waals surface area (Å²) in [5.74, 6) is -1.16. The molecule has 4 heteroatoms. The number of nitrogens with zero attached hydrogens (tertiary/aromatic N) is 1. The molecule has 0 aliphatic rings. The van der Waals surface area contributed by atoms with E-state index in [1.54, 1.807) is 13.0 Å². The molecule has 0 unspecified atom stereocenters. The van der Waals surface area contributed by atoms with Gasteiger partial charge in [-0.15, -0.1) is 0 Å². The molecule has 70 valence electrons. The monoisotopic (exact) mass is 189 g/mol. The summed E-state index contributed by atoms with van der Waals surface area (Å²) in [4.78, 5) is 21.2. The highest BCUT2D eigenvalue weighted by molar-refractivity contribution is 5.93. The van der Waals surface area contributed by atoms with Crippen molar-refractivity contribution in [3.63, 3.8) is 0 Å².